The lowest BCUT2D eigenvalue weighted by Gasteiger charge is -2.38. The summed E-state index contributed by atoms with van der Waals surface area (Å²) in [6.07, 6.45) is -0.106. The van der Waals surface area contributed by atoms with Gasteiger partial charge in [-0.2, -0.15) is 0 Å². The zero-order valence-corrected chi connectivity index (χ0v) is 22.5. The van der Waals surface area contributed by atoms with Gasteiger partial charge in [0.25, 0.3) is 0 Å². The highest BCUT2D eigenvalue weighted by Gasteiger charge is 2.35. The second kappa shape index (κ2) is 13.2. The van der Waals surface area contributed by atoms with Crippen molar-refractivity contribution in [2.24, 2.45) is 0 Å². The Balaban J connectivity index is 1.11. The predicted octanol–water partition coefficient (Wildman–Crippen LogP) is 2.95. The van der Waals surface area contributed by atoms with Crippen molar-refractivity contribution in [3.8, 4) is 11.5 Å². The van der Waals surface area contributed by atoms with Gasteiger partial charge in [-0.15, -0.1) is 0 Å². The molecule has 2 aliphatic rings. The number of nitrogens with one attached hydrogen (secondary N) is 2. The maximum absolute atomic E-state index is 13.3. The second-order valence-electron chi connectivity index (χ2n) is 10.1. The average Bonchev–Trinajstić information content (AvgIpc) is 2.97. The Hall–Kier alpha value is -4.21. The quantitative estimate of drug-likeness (QED) is 0.433. The van der Waals surface area contributed by atoms with E-state index in [2.05, 4.69) is 32.6 Å². The topological polar surface area (TPSA) is 94.2 Å². The molecule has 40 heavy (non-hydrogen) atoms. The summed E-state index contributed by atoms with van der Waals surface area (Å²) in [5, 5.41) is 5.64. The molecular weight excluding hydrogens is 506 g/mol. The van der Waals surface area contributed by atoms with E-state index in [0.29, 0.717) is 24.5 Å². The number of benzene rings is 3. The summed E-state index contributed by atoms with van der Waals surface area (Å²) in [6, 6.07) is 26.0. The van der Waals surface area contributed by atoms with E-state index >= 15 is 0 Å². The molecular formula is C31H35N5O4. The van der Waals surface area contributed by atoms with Gasteiger partial charge in [0, 0.05) is 51.5 Å². The van der Waals surface area contributed by atoms with E-state index < -0.39 is 6.04 Å². The molecule has 1 unspecified atom stereocenters. The number of carbonyl (C=O) groups is 3. The molecule has 5 rings (SSSR count). The molecule has 3 aromatic rings. The molecule has 0 saturated carbocycles. The van der Waals surface area contributed by atoms with E-state index in [0.717, 1.165) is 38.5 Å². The smallest absolute Gasteiger partial charge is 0.243 e. The van der Waals surface area contributed by atoms with E-state index in [1.54, 1.807) is 29.2 Å². The minimum Gasteiger partial charge on any atom is -0.457 e. The van der Waals surface area contributed by atoms with Crippen molar-refractivity contribution in [3.05, 3.63) is 90.5 Å². The van der Waals surface area contributed by atoms with E-state index in [1.807, 2.05) is 48.5 Å². The Bertz CT molecular complexity index is 1280. The van der Waals surface area contributed by atoms with Crippen molar-refractivity contribution in [3.63, 3.8) is 0 Å². The first-order valence-corrected chi connectivity index (χ1v) is 13.7. The molecule has 0 aliphatic carbocycles. The molecule has 208 valence electrons. The summed E-state index contributed by atoms with van der Waals surface area (Å²) < 4.78 is 5.79. The zero-order valence-electron chi connectivity index (χ0n) is 22.5. The van der Waals surface area contributed by atoms with E-state index in [1.165, 1.54) is 5.56 Å². The van der Waals surface area contributed by atoms with E-state index in [-0.39, 0.29) is 30.7 Å². The van der Waals surface area contributed by atoms with Crippen LogP contribution < -0.4 is 15.4 Å². The lowest BCUT2D eigenvalue weighted by molar-refractivity contribution is -0.145. The molecule has 3 aromatic carbocycles. The van der Waals surface area contributed by atoms with Gasteiger partial charge in [0.15, 0.2) is 0 Å². The molecule has 2 saturated heterocycles. The highest BCUT2D eigenvalue weighted by Crippen LogP contribution is 2.23. The lowest BCUT2D eigenvalue weighted by Crippen LogP contribution is -2.60. The third-order valence-corrected chi connectivity index (χ3v) is 7.22. The predicted molar refractivity (Wildman–Crippen MR) is 153 cm³/mol. The summed E-state index contributed by atoms with van der Waals surface area (Å²) >= 11 is 0. The molecule has 2 fully saturated rings. The van der Waals surface area contributed by atoms with Crippen molar-refractivity contribution >= 4 is 23.4 Å². The summed E-state index contributed by atoms with van der Waals surface area (Å²) in [6.45, 7) is 5.25. The van der Waals surface area contributed by atoms with Crippen molar-refractivity contribution in [1.29, 1.82) is 0 Å². The summed E-state index contributed by atoms with van der Waals surface area (Å²) in [4.78, 5) is 44.9. The van der Waals surface area contributed by atoms with Crippen LogP contribution in [0, 0.1) is 0 Å². The molecule has 3 amide bonds. The third kappa shape index (κ3) is 7.46. The van der Waals surface area contributed by atoms with Crippen LogP contribution in [0.4, 0.5) is 5.69 Å². The maximum Gasteiger partial charge on any atom is 0.243 e. The summed E-state index contributed by atoms with van der Waals surface area (Å²) in [7, 11) is 0. The van der Waals surface area contributed by atoms with Crippen LogP contribution in [0.25, 0.3) is 0 Å². The van der Waals surface area contributed by atoms with Crippen LogP contribution in [-0.2, 0) is 20.9 Å². The minimum atomic E-state index is -0.832. The number of rotatable bonds is 9. The molecule has 0 bridgehead atoms. The average molecular weight is 542 g/mol. The number of hydrogen-bond acceptors (Lipinski definition) is 6. The summed E-state index contributed by atoms with van der Waals surface area (Å²) in [5.41, 5.74) is 1.87. The number of hydrogen-bond donors (Lipinski definition) is 2. The fourth-order valence-electron chi connectivity index (χ4n) is 5.06. The number of carbonyl (C=O) groups excluding carboxylic acids is 3. The highest BCUT2D eigenvalue weighted by molar-refractivity contribution is 5.97. The highest BCUT2D eigenvalue weighted by atomic mass is 16.5. The van der Waals surface area contributed by atoms with Gasteiger partial charge in [-0.3, -0.25) is 24.2 Å². The molecule has 9 nitrogen and oxygen atoms in total. The molecule has 0 aromatic heterocycles. The van der Waals surface area contributed by atoms with Crippen LogP contribution in [0.3, 0.4) is 0 Å². The van der Waals surface area contributed by atoms with Crippen molar-refractivity contribution < 1.29 is 19.1 Å². The monoisotopic (exact) mass is 541 g/mol. The number of anilines is 1. The van der Waals surface area contributed by atoms with Gasteiger partial charge >= 0.3 is 0 Å². The van der Waals surface area contributed by atoms with Crippen LogP contribution in [0.15, 0.2) is 84.9 Å². The maximum atomic E-state index is 13.3. The second-order valence-corrected chi connectivity index (χ2v) is 10.1. The van der Waals surface area contributed by atoms with Gasteiger partial charge in [-0.1, -0.05) is 48.5 Å². The standard InChI is InChI=1S/C31H35N5O4/c37-29(33-25-11-13-27(14-12-25)40-26-9-5-2-6-10-26)21-28-31(39)32-15-16-36(28)30(38)23-35-19-17-34(18-20-35)22-24-7-3-1-4-8-24/h1-14,28H,15-23H2,(H,32,39)(H,33,37). The first-order valence-electron chi connectivity index (χ1n) is 13.7. The minimum absolute atomic E-state index is 0.106. The van der Waals surface area contributed by atoms with Crippen LogP contribution in [0.2, 0.25) is 0 Å². The molecule has 1 atom stereocenters. The van der Waals surface area contributed by atoms with Crippen LogP contribution in [-0.4, -0.2) is 84.3 Å². The number of piperazine rings is 2. The van der Waals surface area contributed by atoms with E-state index in [9.17, 15) is 14.4 Å². The first-order chi connectivity index (χ1) is 19.5. The number of ether oxygens (including phenoxy) is 1. The fourth-order valence-corrected chi connectivity index (χ4v) is 5.06. The Kier molecular flexibility index (Phi) is 9.05. The van der Waals surface area contributed by atoms with Gasteiger partial charge in [-0.25, -0.2) is 0 Å². The Morgan fingerprint density at radius 3 is 2.12 bits per heavy atom. The normalized spacial score (nSPS) is 18.1. The van der Waals surface area contributed by atoms with E-state index in [4.69, 9.17) is 4.74 Å². The third-order valence-electron chi connectivity index (χ3n) is 7.22. The Morgan fingerprint density at radius 1 is 0.800 bits per heavy atom. The molecule has 2 aliphatic heterocycles. The Labute approximate surface area is 234 Å². The zero-order chi connectivity index (χ0) is 27.7. The number of nitrogens with zero attached hydrogens (tertiary/aromatic N) is 3. The molecule has 0 spiro atoms. The van der Waals surface area contributed by atoms with Crippen LogP contribution in [0.1, 0.15) is 12.0 Å². The van der Waals surface area contributed by atoms with Crippen molar-refractivity contribution in [2.45, 2.75) is 19.0 Å². The number of para-hydroxylation sites is 1. The SMILES string of the molecule is O=C(CC1C(=O)NCCN1C(=O)CN1CCN(Cc2ccccc2)CC1)Nc1ccc(Oc2ccccc2)cc1. The van der Waals surface area contributed by atoms with Gasteiger partial charge in [0.2, 0.25) is 17.7 Å². The molecule has 0 radical (unpaired) electrons. The van der Waals surface area contributed by atoms with Crippen LogP contribution in [0.5, 0.6) is 11.5 Å². The van der Waals surface area contributed by atoms with Gasteiger partial charge < -0.3 is 20.3 Å². The molecule has 9 heteroatoms. The number of amides is 3. The van der Waals surface area contributed by atoms with Crippen LogP contribution >= 0.6 is 0 Å². The molecule has 2 N–H and O–H groups in total. The fraction of sp³-hybridized carbons (Fsp3) is 0.323. The first kappa shape index (κ1) is 27.4. The lowest BCUT2D eigenvalue weighted by atomic mass is 10.1. The van der Waals surface area contributed by atoms with Gasteiger partial charge in [0.05, 0.1) is 13.0 Å². The summed E-state index contributed by atoms with van der Waals surface area (Å²) in [5.74, 6) is 0.627. The Morgan fingerprint density at radius 2 is 1.43 bits per heavy atom. The van der Waals surface area contributed by atoms with Gasteiger partial charge in [-0.05, 0) is 42.0 Å². The van der Waals surface area contributed by atoms with Gasteiger partial charge in [0.1, 0.15) is 17.5 Å². The molecule has 2 heterocycles. The van der Waals surface area contributed by atoms with Crippen molar-refractivity contribution in [2.75, 3.05) is 51.1 Å². The largest absolute Gasteiger partial charge is 0.457 e. The van der Waals surface area contributed by atoms with Crippen molar-refractivity contribution in [1.82, 2.24) is 20.0 Å².